The Morgan fingerprint density at radius 3 is 2.48 bits per heavy atom. The molecule has 0 unspecified atom stereocenters. The average molecular weight is 323 g/mol. The minimum absolute atomic E-state index is 0.509. The summed E-state index contributed by atoms with van der Waals surface area (Å²) in [5, 5.41) is 1.07. The maximum Gasteiger partial charge on any atom is 0.161 e. The molecule has 4 nitrogen and oxygen atoms in total. The minimum atomic E-state index is 0.509. The van der Waals surface area contributed by atoms with Crippen molar-refractivity contribution in [3.63, 3.8) is 0 Å². The van der Waals surface area contributed by atoms with Crippen LogP contribution in [-0.4, -0.2) is 23.6 Å². The Hall–Kier alpha value is -1.91. The second-order valence-corrected chi connectivity index (χ2v) is 5.28. The summed E-state index contributed by atoms with van der Waals surface area (Å²) in [5.41, 5.74) is 2.34. The molecule has 0 amide bonds. The number of methoxy groups -OCH3 is 2. The van der Waals surface area contributed by atoms with Gasteiger partial charge in [0.15, 0.2) is 17.1 Å². The van der Waals surface area contributed by atoms with Gasteiger partial charge in [-0.2, -0.15) is 0 Å². The number of pyridine rings is 1. The Morgan fingerprint density at radius 2 is 1.76 bits per heavy atom. The highest BCUT2D eigenvalue weighted by Crippen LogP contribution is 2.33. The third kappa shape index (κ3) is 2.52. The average Bonchev–Trinajstić information content (AvgIpc) is 2.90. The van der Waals surface area contributed by atoms with E-state index in [0.717, 1.165) is 11.3 Å². The van der Waals surface area contributed by atoms with Crippen molar-refractivity contribution in [2.24, 2.45) is 0 Å². The van der Waals surface area contributed by atoms with Crippen LogP contribution in [0.25, 0.3) is 16.9 Å². The highest BCUT2D eigenvalue weighted by atomic mass is 35.5. The zero-order chi connectivity index (χ0) is 15.0. The molecule has 0 N–H and O–H groups in total. The molecule has 1 aromatic carbocycles. The van der Waals surface area contributed by atoms with E-state index in [0.29, 0.717) is 27.2 Å². The number of hydrogen-bond donors (Lipinski definition) is 0. The maximum absolute atomic E-state index is 6.16. The van der Waals surface area contributed by atoms with Crippen LogP contribution in [0.15, 0.2) is 36.7 Å². The van der Waals surface area contributed by atoms with Crippen LogP contribution in [-0.2, 0) is 0 Å². The van der Waals surface area contributed by atoms with Crippen molar-refractivity contribution in [3.05, 3.63) is 46.7 Å². The molecule has 0 aliphatic heterocycles. The lowest BCUT2D eigenvalue weighted by Crippen LogP contribution is -1.90. The van der Waals surface area contributed by atoms with Crippen molar-refractivity contribution >= 4 is 28.8 Å². The van der Waals surface area contributed by atoms with Gasteiger partial charge in [-0.3, -0.25) is 0 Å². The van der Waals surface area contributed by atoms with E-state index >= 15 is 0 Å². The molecule has 3 aromatic rings. The van der Waals surface area contributed by atoms with Crippen LogP contribution >= 0.6 is 23.2 Å². The standard InChI is InChI=1S/C15H12Cl2N2O2/c1-20-13-4-3-9(5-14(13)21-2)12-8-19-7-10(16)6-11(17)15(19)18-12/h3-8H,1-2H3. The SMILES string of the molecule is COc1ccc(-c2cn3cc(Cl)cc(Cl)c3n2)cc1OC. The topological polar surface area (TPSA) is 35.8 Å². The van der Waals surface area contributed by atoms with Crippen molar-refractivity contribution in [2.45, 2.75) is 0 Å². The summed E-state index contributed by atoms with van der Waals surface area (Å²) in [5.74, 6) is 1.32. The van der Waals surface area contributed by atoms with Crippen molar-refractivity contribution < 1.29 is 9.47 Å². The molecule has 21 heavy (non-hydrogen) atoms. The van der Waals surface area contributed by atoms with Crippen LogP contribution in [0.3, 0.4) is 0 Å². The Morgan fingerprint density at radius 1 is 1.00 bits per heavy atom. The van der Waals surface area contributed by atoms with E-state index < -0.39 is 0 Å². The normalized spacial score (nSPS) is 10.9. The lowest BCUT2D eigenvalue weighted by molar-refractivity contribution is 0.355. The van der Waals surface area contributed by atoms with Crippen LogP contribution in [0.5, 0.6) is 11.5 Å². The number of benzene rings is 1. The zero-order valence-corrected chi connectivity index (χ0v) is 12.9. The van der Waals surface area contributed by atoms with E-state index in [1.807, 2.05) is 24.4 Å². The summed E-state index contributed by atoms with van der Waals surface area (Å²) < 4.78 is 12.3. The van der Waals surface area contributed by atoms with Gasteiger partial charge in [0.1, 0.15) is 0 Å². The molecular formula is C15H12Cl2N2O2. The zero-order valence-electron chi connectivity index (χ0n) is 11.4. The second kappa shape index (κ2) is 5.47. The number of imidazole rings is 1. The van der Waals surface area contributed by atoms with Crippen LogP contribution < -0.4 is 9.47 Å². The Kier molecular flexibility index (Phi) is 3.66. The van der Waals surface area contributed by atoms with Crippen LogP contribution in [0.1, 0.15) is 0 Å². The van der Waals surface area contributed by atoms with E-state index in [-0.39, 0.29) is 0 Å². The summed E-state index contributed by atoms with van der Waals surface area (Å²) in [6.07, 6.45) is 3.63. The van der Waals surface area contributed by atoms with Crippen molar-refractivity contribution in [1.82, 2.24) is 9.38 Å². The molecule has 6 heteroatoms. The fourth-order valence-corrected chi connectivity index (χ4v) is 2.69. The number of aromatic nitrogens is 2. The quantitative estimate of drug-likeness (QED) is 0.720. The van der Waals surface area contributed by atoms with Gasteiger partial charge in [-0.05, 0) is 24.3 Å². The van der Waals surface area contributed by atoms with Crippen LogP contribution in [0, 0.1) is 0 Å². The number of rotatable bonds is 3. The van der Waals surface area contributed by atoms with Gasteiger partial charge in [-0.1, -0.05) is 23.2 Å². The van der Waals surface area contributed by atoms with Gasteiger partial charge in [0.05, 0.1) is 30.0 Å². The first-order valence-corrected chi connectivity index (χ1v) is 6.94. The molecule has 2 aromatic heterocycles. The predicted molar refractivity (Wildman–Crippen MR) is 83.8 cm³/mol. The van der Waals surface area contributed by atoms with Gasteiger partial charge < -0.3 is 13.9 Å². The summed E-state index contributed by atoms with van der Waals surface area (Å²) in [7, 11) is 3.20. The van der Waals surface area contributed by atoms with E-state index in [1.54, 1.807) is 30.9 Å². The van der Waals surface area contributed by atoms with Crippen molar-refractivity contribution in [3.8, 4) is 22.8 Å². The van der Waals surface area contributed by atoms with Crippen LogP contribution in [0.2, 0.25) is 10.0 Å². The number of fused-ring (bicyclic) bond motifs is 1. The van der Waals surface area contributed by atoms with Gasteiger partial charge in [0, 0.05) is 18.0 Å². The van der Waals surface area contributed by atoms with E-state index in [2.05, 4.69) is 4.98 Å². The first-order valence-electron chi connectivity index (χ1n) is 6.18. The van der Waals surface area contributed by atoms with E-state index in [9.17, 15) is 0 Å². The van der Waals surface area contributed by atoms with E-state index in [1.165, 1.54) is 0 Å². The van der Waals surface area contributed by atoms with Crippen molar-refractivity contribution in [1.29, 1.82) is 0 Å². The fraction of sp³-hybridized carbons (Fsp3) is 0.133. The smallest absolute Gasteiger partial charge is 0.161 e. The van der Waals surface area contributed by atoms with Crippen LogP contribution in [0.4, 0.5) is 0 Å². The lowest BCUT2D eigenvalue weighted by atomic mass is 10.1. The molecule has 2 heterocycles. The minimum Gasteiger partial charge on any atom is -0.493 e. The first kappa shape index (κ1) is 14.0. The van der Waals surface area contributed by atoms with Crippen molar-refractivity contribution in [2.75, 3.05) is 14.2 Å². The fourth-order valence-electron chi connectivity index (χ4n) is 2.16. The molecule has 0 atom stereocenters. The summed E-state index contributed by atoms with van der Waals surface area (Å²) in [4.78, 5) is 4.53. The third-order valence-corrected chi connectivity index (χ3v) is 3.64. The first-order chi connectivity index (χ1) is 10.1. The highest BCUT2D eigenvalue weighted by Gasteiger charge is 2.11. The Labute approximate surface area is 131 Å². The number of halogens is 2. The summed E-state index contributed by atoms with van der Waals surface area (Å²) in [6, 6.07) is 7.30. The third-order valence-electron chi connectivity index (χ3n) is 3.15. The summed E-state index contributed by atoms with van der Waals surface area (Å²) in [6.45, 7) is 0. The monoisotopic (exact) mass is 322 g/mol. The maximum atomic E-state index is 6.16. The van der Waals surface area contributed by atoms with E-state index in [4.69, 9.17) is 32.7 Å². The van der Waals surface area contributed by atoms with Gasteiger partial charge in [-0.15, -0.1) is 0 Å². The predicted octanol–water partition coefficient (Wildman–Crippen LogP) is 4.33. The second-order valence-electron chi connectivity index (χ2n) is 4.43. The van der Waals surface area contributed by atoms with Gasteiger partial charge >= 0.3 is 0 Å². The molecule has 3 rings (SSSR count). The lowest BCUT2D eigenvalue weighted by Gasteiger charge is -2.08. The summed E-state index contributed by atoms with van der Waals surface area (Å²) >= 11 is 12.2. The molecule has 0 bridgehead atoms. The largest absolute Gasteiger partial charge is 0.493 e. The number of ether oxygens (including phenoxy) is 2. The molecule has 0 saturated heterocycles. The molecule has 0 spiro atoms. The van der Waals surface area contributed by atoms with Gasteiger partial charge in [-0.25, -0.2) is 4.98 Å². The number of hydrogen-bond acceptors (Lipinski definition) is 3. The van der Waals surface area contributed by atoms with Gasteiger partial charge in [0.25, 0.3) is 0 Å². The molecule has 0 saturated carbocycles. The molecule has 0 radical (unpaired) electrons. The number of nitrogens with zero attached hydrogens (tertiary/aromatic N) is 2. The van der Waals surface area contributed by atoms with Gasteiger partial charge in [0.2, 0.25) is 0 Å². The molecule has 0 fully saturated rings. The molecular weight excluding hydrogens is 311 g/mol. The Balaban J connectivity index is 2.14. The highest BCUT2D eigenvalue weighted by molar-refractivity contribution is 6.36. The molecule has 0 aliphatic carbocycles. The Bertz CT molecular complexity index is 815. The molecule has 108 valence electrons. The molecule has 0 aliphatic rings.